The first kappa shape index (κ1) is 12.4. The van der Waals surface area contributed by atoms with Gasteiger partial charge in [0.1, 0.15) is 0 Å². The molecule has 1 heterocycles. The largest absolute Gasteiger partial charge is 0.361 e. The number of hydrogen-bond donors (Lipinski definition) is 1. The topological polar surface area (TPSA) is 32.9 Å². The lowest BCUT2D eigenvalue weighted by atomic mass is 10.3. The van der Waals surface area contributed by atoms with Gasteiger partial charge in [-0.05, 0) is 45.7 Å². The highest BCUT2D eigenvalue weighted by molar-refractivity contribution is 9.11. The number of aromatic nitrogens is 1. The first-order valence-corrected chi connectivity index (χ1v) is 4.67. The van der Waals surface area contributed by atoms with E-state index in [-0.39, 0.29) is 22.4 Å². The Balaban J connectivity index is 0.00000121. The molecule has 0 aliphatic heterocycles. The number of nitrogens with one attached hydrogen (secondary N) is 1. The fourth-order valence-corrected chi connectivity index (χ4v) is 1.69. The molecule has 0 saturated carbocycles. The molecular formula is C7H8Br3NO. The molecule has 1 rings (SSSR count). The molecule has 0 saturated heterocycles. The van der Waals surface area contributed by atoms with Crippen LogP contribution < -0.4 is 5.43 Å². The molecule has 1 aromatic rings. The summed E-state index contributed by atoms with van der Waals surface area (Å²) in [6, 6.07) is 0. The molecule has 0 aliphatic carbocycles. The quantitative estimate of drug-likeness (QED) is 0.756. The second kappa shape index (κ2) is 4.58. The van der Waals surface area contributed by atoms with E-state index in [9.17, 15) is 4.79 Å². The van der Waals surface area contributed by atoms with E-state index in [0.717, 1.165) is 11.4 Å². The van der Waals surface area contributed by atoms with E-state index in [2.05, 4.69) is 36.8 Å². The highest BCUT2D eigenvalue weighted by Gasteiger charge is 2.06. The smallest absolute Gasteiger partial charge is 0.210 e. The molecule has 0 unspecified atom stereocenters. The predicted octanol–water partition coefficient (Wildman–Crippen LogP) is 3.09. The molecule has 0 aromatic carbocycles. The Morgan fingerprint density at radius 2 is 1.42 bits per heavy atom. The summed E-state index contributed by atoms with van der Waals surface area (Å²) in [5, 5.41) is 0. The second-order valence-corrected chi connectivity index (χ2v) is 3.92. The van der Waals surface area contributed by atoms with Crippen LogP contribution in [0, 0.1) is 13.8 Å². The van der Waals surface area contributed by atoms with Crippen molar-refractivity contribution >= 4 is 48.8 Å². The zero-order chi connectivity index (χ0) is 8.59. The Labute approximate surface area is 97.8 Å². The Bertz CT molecular complexity index is 316. The first-order valence-electron chi connectivity index (χ1n) is 3.08. The Morgan fingerprint density at radius 3 is 1.75 bits per heavy atom. The number of rotatable bonds is 0. The lowest BCUT2D eigenvalue weighted by molar-refractivity contribution is 1.07. The van der Waals surface area contributed by atoms with Gasteiger partial charge in [-0.2, -0.15) is 0 Å². The van der Waals surface area contributed by atoms with E-state index in [1.165, 1.54) is 0 Å². The maximum absolute atomic E-state index is 11.3. The SMILES string of the molecule is Br.Cc1[nH]c(C)c(Br)c(=O)c1Br. The maximum atomic E-state index is 11.3. The van der Waals surface area contributed by atoms with Gasteiger partial charge < -0.3 is 4.98 Å². The van der Waals surface area contributed by atoms with Gasteiger partial charge in [0.2, 0.25) is 5.43 Å². The van der Waals surface area contributed by atoms with Crippen LogP contribution in [0.4, 0.5) is 0 Å². The summed E-state index contributed by atoms with van der Waals surface area (Å²) < 4.78 is 1.19. The molecule has 0 atom stereocenters. The van der Waals surface area contributed by atoms with E-state index in [1.54, 1.807) is 0 Å². The van der Waals surface area contributed by atoms with Crippen LogP contribution in [0.25, 0.3) is 0 Å². The van der Waals surface area contributed by atoms with Crippen molar-refractivity contribution in [3.8, 4) is 0 Å². The Kier molecular flexibility index (Phi) is 4.73. The van der Waals surface area contributed by atoms with Crippen molar-refractivity contribution in [2.75, 3.05) is 0 Å². The monoisotopic (exact) mass is 359 g/mol. The van der Waals surface area contributed by atoms with Gasteiger partial charge in [0, 0.05) is 11.4 Å². The van der Waals surface area contributed by atoms with E-state index < -0.39 is 0 Å². The zero-order valence-corrected chi connectivity index (χ0v) is 11.5. The van der Waals surface area contributed by atoms with Crippen LogP contribution in [0.2, 0.25) is 0 Å². The van der Waals surface area contributed by atoms with Crippen LogP contribution in [0.15, 0.2) is 13.7 Å². The number of pyridine rings is 1. The summed E-state index contributed by atoms with van der Waals surface area (Å²) in [6.45, 7) is 3.70. The highest BCUT2D eigenvalue weighted by Crippen LogP contribution is 2.15. The fraction of sp³-hybridized carbons (Fsp3) is 0.286. The Morgan fingerprint density at radius 1 is 1.08 bits per heavy atom. The van der Waals surface area contributed by atoms with Crippen molar-refractivity contribution in [2.24, 2.45) is 0 Å². The van der Waals surface area contributed by atoms with Crippen molar-refractivity contribution in [3.05, 3.63) is 30.6 Å². The first-order chi connectivity index (χ1) is 5.04. The van der Waals surface area contributed by atoms with Crippen molar-refractivity contribution in [1.29, 1.82) is 0 Å². The van der Waals surface area contributed by atoms with Gasteiger partial charge in [-0.25, -0.2) is 0 Å². The number of aryl methyl sites for hydroxylation is 2. The van der Waals surface area contributed by atoms with Crippen LogP contribution in [0.3, 0.4) is 0 Å². The summed E-state index contributed by atoms with van der Waals surface area (Å²) >= 11 is 6.38. The van der Waals surface area contributed by atoms with Gasteiger partial charge in [0.15, 0.2) is 0 Å². The fourth-order valence-electron chi connectivity index (χ4n) is 0.828. The van der Waals surface area contributed by atoms with E-state index >= 15 is 0 Å². The van der Waals surface area contributed by atoms with Crippen LogP contribution in [0.5, 0.6) is 0 Å². The van der Waals surface area contributed by atoms with Gasteiger partial charge in [0.25, 0.3) is 0 Å². The summed E-state index contributed by atoms with van der Waals surface area (Å²) in [7, 11) is 0. The molecule has 1 aromatic heterocycles. The molecule has 0 bridgehead atoms. The Hall–Kier alpha value is 0.390. The minimum atomic E-state index is -0.00116. The zero-order valence-electron chi connectivity index (χ0n) is 6.57. The van der Waals surface area contributed by atoms with Crippen molar-refractivity contribution in [2.45, 2.75) is 13.8 Å². The van der Waals surface area contributed by atoms with Gasteiger partial charge in [-0.1, -0.05) is 0 Å². The molecule has 0 radical (unpaired) electrons. The molecule has 2 nitrogen and oxygen atoms in total. The molecule has 1 N–H and O–H groups in total. The molecular weight excluding hydrogens is 354 g/mol. The third-order valence-electron chi connectivity index (χ3n) is 1.43. The van der Waals surface area contributed by atoms with Gasteiger partial charge in [-0.15, -0.1) is 17.0 Å². The molecule has 12 heavy (non-hydrogen) atoms. The average Bonchev–Trinajstić information content (AvgIpc) is 1.97. The van der Waals surface area contributed by atoms with Crippen molar-refractivity contribution < 1.29 is 0 Å². The number of aromatic amines is 1. The van der Waals surface area contributed by atoms with Crippen molar-refractivity contribution in [3.63, 3.8) is 0 Å². The predicted molar refractivity (Wildman–Crippen MR) is 62.3 cm³/mol. The second-order valence-electron chi connectivity index (χ2n) is 2.33. The minimum absolute atomic E-state index is 0. The number of H-pyrrole nitrogens is 1. The summed E-state index contributed by atoms with van der Waals surface area (Å²) in [6.07, 6.45) is 0. The maximum Gasteiger partial charge on any atom is 0.210 e. The molecule has 68 valence electrons. The van der Waals surface area contributed by atoms with Crippen LogP contribution in [-0.2, 0) is 0 Å². The lowest BCUT2D eigenvalue weighted by Gasteiger charge is -2.01. The molecule has 0 fully saturated rings. The van der Waals surface area contributed by atoms with Crippen LogP contribution in [-0.4, -0.2) is 4.98 Å². The van der Waals surface area contributed by atoms with Crippen molar-refractivity contribution in [1.82, 2.24) is 4.98 Å². The molecule has 0 amide bonds. The number of hydrogen-bond acceptors (Lipinski definition) is 1. The normalized spacial score (nSPS) is 9.33. The third-order valence-corrected chi connectivity index (χ3v) is 3.34. The van der Waals surface area contributed by atoms with E-state index in [4.69, 9.17) is 0 Å². The van der Waals surface area contributed by atoms with Gasteiger partial charge >= 0.3 is 0 Å². The third kappa shape index (κ3) is 2.20. The minimum Gasteiger partial charge on any atom is -0.361 e. The lowest BCUT2D eigenvalue weighted by Crippen LogP contribution is -2.08. The van der Waals surface area contributed by atoms with Crippen LogP contribution in [0.1, 0.15) is 11.4 Å². The molecule has 5 heteroatoms. The van der Waals surface area contributed by atoms with Gasteiger partial charge in [-0.3, -0.25) is 4.79 Å². The van der Waals surface area contributed by atoms with Gasteiger partial charge in [0.05, 0.1) is 8.95 Å². The summed E-state index contributed by atoms with van der Waals surface area (Å²) in [4.78, 5) is 14.4. The van der Waals surface area contributed by atoms with E-state index in [0.29, 0.717) is 8.95 Å². The molecule has 0 aliphatic rings. The number of halogens is 3. The standard InChI is InChI=1S/C7H7Br2NO.BrH/c1-3-5(8)7(11)6(9)4(2)10-3;/h1-2H3,(H,10,11);1H. The molecule has 0 spiro atoms. The summed E-state index contributed by atoms with van der Waals surface area (Å²) in [5.74, 6) is 0. The van der Waals surface area contributed by atoms with Crippen LogP contribution >= 0.6 is 48.8 Å². The highest BCUT2D eigenvalue weighted by atomic mass is 79.9. The average molecular weight is 362 g/mol. The van der Waals surface area contributed by atoms with E-state index in [1.807, 2.05) is 13.8 Å². The summed E-state index contributed by atoms with van der Waals surface area (Å²) in [5.41, 5.74) is 1.71.